The summed E-state index contributed by atoms with van der Waals surface area (Å²) in [5, 5.41) is 0. The Labute approximate surface area is 110 Å². The number of hydrogen-bond acceptors (Lipinski definition) is 3. The van der Waals surface area contributed by atoms with E-state index in [4.69, 9.17) is 10.5 Å². The fourth-order valence-corrected chi connectivity index (χ4v) is 2.51. The molecule has 3 heteroatoms. The zero-order valence-electron chi connectivity index (χ0n) is 11.6. The fraction of sp³-hybridized carbons (Fsp3) is 0.600. The van der Waals surface area contributed by atoms with Crippen LogP contribution in [0.5, 0.6) is 5.75 Å². The lowest BCUT2D eigenvalue weighted by molar-refractivity contribution is 0.240. The van der Waals surface area contributed by atoms with E-state index in [1.54, 1.807) is 7.11 Å². The Bertz CT molecular complexity index is 401. The zero-order chi connectivity index (χ0) is 13.1. The monoisotopic (exact) mass is 248 g/mol. The molecule has 0 aromatic heterocycles. The van der Waals surface area contributed by atoms with Crippen molar-refractivity contribution >= 4 is 0 Å². The second-order valence-electron chi connectivity index (χ2n) is 5.36. The molecule has 1 unspecified atom stereocenters. The van der Waals surface area contributed by atoms with E-state index >= 15 is 0 Å². The van der Waals surface area contributed by atoms with E-state index in [-0.39, 0.29) is 0 Å². The summed E-state index contributed by atoms with van der Waals surface area (Å²) in [5.74, 6) is 1.84. The molecule has 0 heterocycles. The molecule has 0 spiro atoms. The first-order valence-electron chi connectivity index (χ1n) is 6.70. The third kappa shape index (κ3) is 3.03. The average molecular weight is 248 g/mol. The number of nitrogens with zero attached hydrogens (tertiary/aromatic N) is 1. The van der Waals surface area contributed by atoms with Gasteiger partial charge in [0.2, 0.25) is 0 Å². The van der Waals surface area contributed by atoms with Gasteiger partial charge in [0.25, 0.3) is 0 Å². The van der Waals surface area contributed by atoms with Crippen molar-refractivity contribution in [2.24, 2.45) is 11.7 Å². The molecule has 0 radical (unpaired) electrons. The third-order valence-corrected chi connectivity index (χ3v) is 3.80. The maximum absolute atomic E-state index is 5.95. The van der Waals surface area contributed by atoms with Gasteiger partial charge < -0.3 is 10.5 Å². The SMILES string of the molecule is COc1ccc(C(CN)N(C)CC2CC2)cc1C. The maximum atomic E-state index is 5.95. The first kappa shape index (κ1) is 13.4. The molecule has 3 nitrogen and oxygen atoms in total. The Morgan fingerprint density at radius 1 is 1.44 bits per heavy atom. The highest BCUT2D eigenvalue weighted by Gasteiger charge is 2.26. The molecule has 18 heavy (non-hydrogen) atoms. The molecule has 0 amide bonds. The van der Waals surface area contributed by atoms with Crippen molar-refractivity contribution in [3.05, 3.63) is 29.3 Å². The predicted molar refractivity (Wildman–Crippen MR) is 74.9 cm³/mol. The van der Waals surface area contributed by atoms with Crippen LogP contribution in [0.15, 0.2) is 18.2 Å². The lowest BCUT2D eigenvalue weighted by Crippen LogP contribution is -2.32. The Kier molecular flexibility index (Phi) is 4.25. The number of rotatable bonds is 6. The van der Waals surface area contributed by atoms with Gasteiger partial charge in [0, 0.05) is 19.1 Å². The van der Waals surface area contributed by atoms with Gasteiger partial charge in [-0.15, -0.1) is 0 Å². The zero-order valence-corrected chi connectivity index (χ0v) is 11.6. The minimum atomic E-state index is 0.315. The van der Waals surface area contributed by atoms with Crippen molar-refractivity contribution in [2.75, 3.05) is 27.2 Å². The van der Waals surface area contributed by atoms with E-state index in [9.17, 15) is 0 Å². The molecule has 1 fully saturated rings. The molecule has 2 N–H and O–H groups in total. The van der Waals surface area contributed by atoms with Crippen LogP contribution in [-0.4, -0.2) is 32.1 Å². The quantitative estimate of drug-likeness (QED) is 0.840. The van der Waals surface area contributed by atoms with Crippen molar-refractivity contribution < 1.29 is 4.74 Å². The standard InChI is InChI=1S/C15H24N2O/c1-11-8-13(6-7-15(11)18-3)14(9-16)17(2)10-12-4-5-12/h6-8,12,14H,4-5,9-10,16H2,1-3H3. The highest BCUT2D eigenvalue weighted by molar-refractivity contribution is 5.37. The molecule has 1 saturated carbocycles. The first-order valence-corrected chi connectivity index (χ1v) is 6.70. The summed E-state index contributed by atoms with van der Waals surface area (Å²) in [4.78, 5) is 2.39. The van der Waals surface area contributed by atoms with Gasteiger partial charge in [-0.3, -0.25) is 4.90 Å². The molecule has 100 valence electrons. The van der Waals surface area contributed by atoms with Crippen LogP contribution in [0.2, 0.25) is 0 Å². The van der Waals surface area contributed by atoms with Crippen LogP contribution in [-0.2, 0) is 0 Å². The Morgan fingerprint density at radius 3 is 2.67 bits per heavy atom. The Hall–Kier alpha value is -1.06. The highest BCUT2D eigenvalue weighted by atomic mass is 16.5. The van der Waals surface area contributed by atoms with Gasteiger partial charge in [0.15, 0.2) is 0 Å². The molecule has 1 aromatic rings. The van der Waals surface area contributed by atoms with Crippen LogP contribution in [0.3, 0.4) is 0 Å². The van der Waals surface area contributed by atoms with Gasteiger partial charge in [-0.1, -0.05) is 12.1 Å². The number of methoxy groups -OCH3 is 1. The van der Waals surface area contributed by atoms with Crippen LogP contribution in [0.1, 0.15) is 30.0 Å². The van der Waals surface area contributed by atoms with Gasteiger partial charge in [-0.2, -0.15) is 0 Å². The molecular weight excluding hydrogens is 224 g/mol. The maximum Gasteiger partial charge on any atom is 0.121 e. The average Bonchev–Trinajstić information content (AvgIpc) is 3.14. The van der Waals surface area contributed by atoms with Crippen molar-refractivity contribution in [1.29, 1.82) is 0 Å². The van der Waals surface area contributed by atoms with Crippen molar-refractivity contribution in [1.82, 2.24) is 4.90 Å². The van der Waals surface area contributed by atoms with E-state index in [1.807, 2.05) is 6.07 Å². The topological polar surface area (TPSA) is 38.5 Å². The third-order valence-electron chi connectivity index (χ3n) is 3.80. The molecule has 0 aliphatic heterocycles. The van der Waals surface area contributed by atoms with E-state index in [1.165, 1.54) is 24.0 Å². The van der Waals surface area contributed by atoms with E-state index in [0.717, 1.165) is 18.2 Å². The summed E-state index contributed by atoms with van der Waals surface area (Å²) in [7, 11) is 3.89. The largest absolute Gasteiger partial charge is 0.496 e. The second kappa shape index (κ2) is 5.72. The van der Waals surface area contributed by atoms with Crippen LogP contribution in [0.25, 0.3) is 0 Å². The minimum absolute atomic E-state index is 0.315. The molecular formula is C15H24N2O. The smallest absolute Gasteiger partial charge is 0.121 e. The number of benzene rings is 1. The summed E-state index contributed by atoms with van der Waals surface area (Å²) in [6.07, 6.45) is 2.76. The van der Waals surface area contributed by atoms with E-state index in [0.29, 0.717) is 12.6 Å². The lowest BCUT2D eigenvalue weighted by Gasteiger charge is -2.27. The summed E-state index contributed by atoms with van der Waals surface area (Å²) >= 11 is 0. The molecule has 1 aliphatic carbocycles. The Morgan fingerprint density at radius 2 is 2.17 bits per heavy atom. The van der Waals surface area contributed by atoms with Crippen molar-refractivity contribution in [2.45, 2.75) is 25.8 Å². The van der Waals surface area contributed by atoms with E-state index in [2.05, 4.69) is 31.0 Å². The van der Waals surface area contributed by atoms with Crippen LogP contribution in [0.4, 0.5) is 0 Å². The highest BCUT2D eigenvalue weighted by Crippen LogP contribution is 2.32. The fourth-order valence-electron chi connectivity index (χ4n) is 2.51. The second-order valence-corrected chi connectivity index (χ2v) is 5.36. The van der Waals surface area contributed by atoms with Gasteiger partial charge in [0.05, 0.1) is 7.11 Å². The van der Waals surface area contributed by atoms with Crippen LogP contribution in [0, 0.1) is 12.8 Å². The summed E-state index contributed by atoms with van der Waals surface area (Å²) < 4.78 is 5.30. The minimum Gasteiger partial charge on any atom is -0.496 e. The molecule has 2 rings (SSSR count). The number of likely N-dealkylation sites (N-methyl/N-ethyl adjacent to an activating group) is 1. The summed E-state index contributed by atoms with van der Waals surface area (Å²) in [6, 6.07) is 6.68. The normalized spacial score (nSPS) is 16.9. The number of hydrogen-bond donors (Lipinski definition) is 1. The lowest BCUT2D eigenvalue weighted by atomic mass is 10.0. The van der Waals surface area contributed by atoms with Crippen LogP contribution >= 0.6 is 0 Å². The molecule has 1 aliphatic rings. The first-order chi connectivity index (χ1) is 8.65. The molecule has 0 saturated heterocycles. The Balaban J connectivity index is 2.12. The van der Waals surface area contributed by atoms with Crippen LogP contribution < -0.4 is 10.5 Å². The molecule has 1 aromatic carbocycles. The van der Waals surface area contributed by atoms with Crippen molar-refractivity contribution in [3.8, 4) is 5.75 Å². The van der Waals surface area contributed by atoms with Gasteiger partial charge >= 0.3 is 0 Å². The molecule has 1 atom stereocenters. The number of aryl methyl sites for hydroxylation is 1. The summed E-state index contributed by atoms with van der Waals surface area (Å²) in [6.45, 7) is 3.90. The van der Waals surface area contributed by atoms with Gasteiger partial charge in [-0.05, 0) is 49.9 Å². The predicted octanol–water partition coefficient (Wildman–Crippen LogP) is 2.35. The van der Waals surface area contributed by atoms with E-state index < -0.39 is 0 Å². The van der Waals surface area contributed by atoms with Gasteiger partial charge in [0.1, 0.15) is 5.75 Å². The number of ether oxygens (including phenoxy) is 1. The van der Waals surface area contributed by atoms with Crippen molar-refractivity contribution in [3.63, 3.8) is 0 Å². The van der Waals surface area contributed by atoms with Gasteiger partial charge in [-0.25, -0.2) is 0 Å². The number of nitrogens with two attached hydrogens (primary N) is 1. The molecule has 0 bridgehead atoms. The summed E-state index contributed by atoms with van der Waals surface area (Å²) in [5.41, 5.74) is 8.41.